The second kappa shape index (κ2) is 7.41. The smallest absolute Gasteiger partial charge is 0.252 e. The maximum Gasteiger partial charge on any atom is 0.252 e. The van der Waals surface area contributed by atoms with Gasteiger partial charge in [0.05, 0.1) is 5.56 Å². The molecule has 0 unspecified atom stereocenters. The van der Waals surface area contributed by atoms with Gasteiger partial charge in [-0.25, -0.2) is 4.98 Å². The van der Waals surface area contributed by atoms with Gasteiger partial charge in [-0.2, -0.15) is 5.10 Å². The van der Waals surface area contributed by atoms with Gasteiger partial charge in [0.15, 0.2) is 5.82 Å². The number of hydrogen-bond donors (Lipinski definition) is 3. The molecule has 6 heteroatoms. The van der Waals surface area contributed by atoms with E-state index in [2.05, 4.69) is 20.5 Å². The van der Waals surface area contributed by atoms with Crippen molar-refractivity contribution in [2.24, 2.45) is 0 Å². The average Bonchev–Trinajstić information content (AvgIpc) is 3.14. The number of aromatic amines is 1. The second-order valence-electron chi connectivity index (χ2n) is 5.41. The second-order valence-corrected chi connectivity index (χ2v) is 5.41. The van der Waals surface area contributed by atoms with Crippen LogP contribution in [-0.2, 0) is 6.42 Å². The van der Waals surface area contributed by atoms with E-state index in [1.807, 2.05) is 30.3 Å². The molecule has 0 atom stereocenters. The highest BCUT2D eigenvalue weighted by atomic mass is 16.3. The van der Waals surface area contributed by atoms with Gasteiger partial charge in [0.25, 0.3) is 5.91 Å². The van der Waals surface area contributed by atoms with E-state index >= 15 is 0 Å². The van der Waals surface area contributed by atoms with E-state index < -0.39 is 0 Å². The fourth-order valence-corrected chi connectivity index (χ4v) is 2.48. The molecular formula is C18H18N4O2. The van der Waals surface area contributed by atoms with Crippen LogP contribution in [0.3, 0.4) is 0 Å². The third-order valence-corrected chi connectivity index (χ3v) is 3.71. The van der Waals surface area contributed by atoms with Gasteiger partial charge in [-0.15, -0.1) is 0 Å². The highest BCUT2D eigenvalue weighted by molar-refractivity contribution is 6.00. The molecule has 0 saturated carbocycles. The summed E-state index contributed by atoms with van der Waals surface area (Å²) in [6.45, 7) is 0.574. The quantitative estimate of drug-likeness (QED) is 0.608. The summed E-state index contributed by atoms with van der Waals surface area (Å²) in [5.74, 6) is 0.702. The first kappa shape index (κ1) is 15.7. The standard InChI is InChI=1S/C18H18N4O2/c23-14-9-7-13(8-10-14)4-3-11-19-18(24)16-6-2-1-5-15(16)17-20-12-21-22-17/h1-2,5-10,12,23H,3-4,11H2,(H,19,24)(H,20,21,22). The molecule has 0 aliphatic heterocycles. The maximum absolute atomic E-state index is 12.4. The van der Waals surface area contributed by atoms with Gasteiger partial charge in [-0.1, -0.05) is 30.3 Å². The fraction of sp³-hybridized carbons (Fsp3) is 0.167. The normalized spacial score (nSPS) is 10.5. The number of rotatable bonds is 6. The number of aromatic nitrogens is 3. The minimum absolute atomic E-state index is 0.132. The number of hydrogen-bond acceptors (Lipinski definition) is 4. The number of aryl methyl sites for hydroxylation is 1. The monoisotopic (exact) mass is 322 g/mol. The topological polar surface area (TPSA) is 90.9 Å². The first-order valence-electron chi connectivity index (χ1n) is 7.75. The third kappa shape index (κ3) is 3.78. The van der Waals surface area contributed by atoms with Crippen LogP contribution in [0, 0.1) is 0 Å². The molecule has 0 fully saturated rings. The number of H-pyrrole nitrogens is 1. The van der Waals surface area contributed by atoms with E-state index in [9.17, 15) is 9.90 Å². The Hall–Kier alpha value is -3.15. The van der Waals surface area contributed by atoms with E-state index in [4.69, 9.17) is 0 Å². The van der Waals surface area contributed by atoms with Crippen LogP contribution >= 0.6 is 0 Å². The number of phenols is 1. The van der Waals surface area contributed by atoms with Crippen molar-refractivity contribution in [3.8, 4) is 17.1 Å². The molecule has 2 aromatic carbocycles. The SMILES string of the molecule is O=C(NCCCc1ccc(O)cc1)c1ccccc1-c1ncn[nH]1. The highest BCUT2D eigenvalue weighted by Gasteiger charge is 2.13. The lowest BCUT2D eigenvalue weighted by atomic mass is 10.1. The van der Waals surface area contributed by atoms with Crippen LogP contribution in [0.25, 0.3) is 11.4 Å². The Labute approximate surface area is 139 Å². The summed E-state index contributed by atoms with van der Waals surface area (Å²) >= 11 is 0. The van der Waals surface area contributed by atoms with Crippen molar-refractivity contribution < 1.29 is 9.90 Å². The van der Waals surface area contributed by atoms with Crippen molar-refractivity contribution in [3.05, 3.63) is 66.0 Å². The van der Waals surface area contributed by atoms with Crippen LogP contribution < -0.4 is 5.32 Å². The van der Waals surface area contributed by atoms with Crippen molar-refractivity contribution >= 4 is 5.91 Å². The Kier molecular flexibility index (Phi) is 4.86. The summed E-state index contributed by atoms with van der Waals surface area (Å²) in [6, 6.07) is 14.4. The van der Waals surface area contributed by atoms with E-state index in [0.717, 1.165) is 24.0 Å². The average molecular weight is 322 g/mol. The lowest BCUT2D eigenvalue weighted by molar-refractivity contribution is 0.0954. The Balaban J connectivity index is 1.57. The number of nitrogens with zero attached hydrogens (tertiary/aromatic N) is 2. The Morgan fingerprint density at radius 3 is 2.67 bits per heavy atom. The molecule has 3 rings (SSSR count). The van der Waals surface area contributed by atoms with Crippen molar-refractivity contribution in [3.63, 3.8) is 0 Å². The number of phenolic OH excluding ortho intramolecular Hbond substituents is 1. The molecule has 0 aliphatic carbocycles. The molecule has 0 radical (unpaired) electrons. The minimum Gasteiger partial charge on any atom is -0.508 e. The van der Waals surface area contributed by atoms with Crippen LogP contribution in [0.4, 0.5) is 0 Å². The molecular weight excluding hydrogens is 304 g/mol. The number of nitrogens with one attached hydrogen (secondary N) is 2. The molecule has 122 valence electrons. The van der Waals surface area contributed by atoms with Gasteiger partial charge >= 0.3 is 0 Å². The summed E-state index contributed by atoms with van der Waals surface area (Å²) in [6.07, 6.45) is 3.08. The van der Waals surface area contributed by atoms with E-state index in [0.29, 0.717) is 17.9 Å². The van der Waals surface area contributed by atoms with Crippen LogP contribution in [0.2, 0.25) is 0 Å². The largest absolute Gasteiger partial charge is 0.508 e. The molecule has 0 bridgehead atoms. The zero-order valence-electron chi connectivity index (χ0n) is 13.1. The molecule has 1 amide bonds. The summed E-state index contributed by atoms with van der Waals surface area (Å²) in [4.78, 5) is 16.5. The van der Waals surface area contributed by atoms with E-state index in [1.165, 1.54) is 6.33 Å². The number of carbonyl (C=O) groups is 1. The molecule has 0 saturated heterocycles. The van der Waals surface area contributed by atoms with Crippen LogP contribution in [0.15, 0.2) is 54.9 Å². The zero-order chi connectivity index (χ0) is 16.8. The number of carbonyl (C=O) groups excluding carboxylic acids is 1. The van der Waals surface area contributed by atoms with Gasteiger partial charge in [-0.05, 0) is 36.6 Å². The van der Waals surface area contributed by atoms with Crippen LogP contribution in [-0.4, -0.2) is 32.7 Å². The molecule has 1 heterocycles. The molecule has 24 heavy (non-hydrogen) atoms. The van der Waals surface area contributed by atoms with E-state index in [-0.39, 0.29) is 11.7 Å². The van der Waals surface area contributed by atoms with Crippen LogP contribution in [0.5, 0.6) is 5.75 Å². The molecule has 6 nitrogen and oxygen atoms in total. The number of aromatic hydroxyl groups is 1. The van der Waals surface area contributed by atoms with E-state index in [1.54, 1.807) is 18.2 Å². The predicted octanol–water partition coefficient (Wildman–Crippen LogP) is 2.54. The van der Waals surface area contributed by atoms with Crippen molar-refractivity contribution in [2.75, 3.05) is 6.54 Å². The lowest BCUT2D eigenvalue weighted by Crippen LogP contribution is -2.25. The highest BCUT2D eigenvalue weighted by Crippen LogP contribution is 2.19. The third-order valence-electron chi connectivity index (χ3n) is 3.71. The zero-order valence-corrected chi connectivity index (χ0v) is 13.1. The molecule has 3 N–H and O–H groups in total. The van der Waals surface area contributed by atoms with Crippen molar-refractivity contribution in [1.29, 1.82) is 0 Å². The summed E-state index contributed by atoms with van der Waals surface area (Å²) < 4.78 is 0. The first-order chi connectivity index (χ1) is 11.7. The predicted molar refractivity (Wildman–Crippen MR) is 90.6 cm³/mol. The Bertz CT molecular complexity index is 798. The van der Waals surface area contributed by atoms with Gasteiger partial charge in [0, 0.05) is 12.1 Å². The molecule has 1 aromatic heterocycles. The molecule has 0 spiro atoms. The fourth-order valence-electron chi connectivity index (χ4n) is 2.48. The van der Waals surface area contributed by atoms with Gasteiger partial charge in [0.1, 0.15) is 12.1 Å². The minimum atomic E-state index is -0.132. The number of benzene rings is 2. The Morgan fingerprint density at radius 2 is 1.92 bits per heavy atom. The molecule has 0 aliphatic rings. The van der Waals surface area contributed by atoms with Gasteiger partial charge in [0.2, 0.25) is 0 Å². The number of amides is 1. The van der Waals surface area contributed by atoms with Gasteiger partial charge < -0.3 is 10.4 Å². The summed E-state index contributed by atoms with van der Waals surface area (Å²) in [7, 11) is 0. The van der Waals surface area contributed by atoms with Crippen molar-refractivity contribution in [2.45, 2.75) is 12.8 Å². The first-order valence-corrected chi connectivity index (χ1v) is 7.75. The summed E-state index contributed by atoms with van der Waals surface area (Å²) in [5, 5.41) is 18.8. The maximum atomic E-state index is 12.4. The van der Waals surface area contributed by atoms with Crippen molar-refractivity contribution in [1.82, 2.24) is 20.5 Å². The molecule has 3 aromatic rings. The Morgan fingerprint density at radius 1 is 1.12 bits per heavy atom. The summed E-state index contributed by atoms with van der Waals surface area (Å²) in [5.41, 5.74) is 2.43. The van der Waals surface area contributed by atoms with Gasteiger partial charge in [-0.3, -0.25) is 9.89 Å². The lowest BCUT2D eigenvalue weighted by Gasteiger charge is -2.08. The van der Waals surface area contributed by atoms with Crippen LogP contribution in [0.1, 0.15) is 22.3 Å².